The summed E-state index contributed by atoms with van der Waals surface area (Å²) in [6.07, 6.45) is 3.83. The Kier molecular flexibility index (Phi) is 10.5. The number of carbonyl (C=O) groups is 4. The summed E-state index contributed by atoms with van der Waals surface area (Å²) in [6.45, 7) is 2.68. The topological polar surface area (TPSA) is 133 Å². The molecule has 0 bridgehead atoms. The third-order valence-corrected chi connectivity index (χ3v) is 9.97. The number of aromatic nitrogens is 1. The van der Waals surface area contributed by atoms with Crippen LogP contribution in [0.15, 0.2) is 85.1 Å². The number of nitrogens with one attached hydrogen (secondary N) is 3. The summed E-state index contributed by atoms with van der Waals surface area (Å²) in [5.74, 6) is 0.0455. The number of benzene rings is 2. The number of ether oxygens (including phenoxy) is 1. The van der Waals surface area contributed by atoms with Gasteiger partial charge in [-0.05, 0) is 42.0 Å². The molecule has 3 heterocycles. The Morgan fingerprint density at radius 1 is 0.896 bits per heavy atom. The number of thiophene rings is 1. The fourth-order valence-electron chi connectivity index (χ4n) is 6.36. The zero-order valence-electron chi connectivity index (χ0n) is 26.7. The number of rotatable bonds is 11. The maximum Gasteiger partial charge on any atom is 0.414 e. The summed E-state index contributed by atoms with van der Waals surface area (Å²) in [7, 11) is 0. The van der Waals surface area contributed by atoms with Gasteiger partial charge in [0, 0.05) is 62.5 Å². The van der Waals surface area contributed by atoms with Gasteiger partial charge in [-0.1, -0.05) is 78.8 Å². The Balaban J connectivity index is 1.05. The summed E-state index contributed by atoms with van der Waals surface area (Å²) in [5, 5.41) is 10.1. The molecule has 11 nitrogen and oxygen atoms in total. The van der Waals surface area contributed by atoms with E-state index in [1.807, 2.05) is 77.7 Å². The van der Waals surface area contributed by atoms with E-state index in [1.165, 1.54) is 11.3 Å². The highest BCUT2D eigenvalue weighted by atomic mass is 32.1. The predicted molar refractivity (Wildman–Crippen MR) is 185 cm³/mol. The summed E-state index contributed by atoms with van der Waals surface area (Å²) < 4.78 is 6.60. The molecule has 0 unspecified atom stereocenters. The van der Waals surface area contributed by atoms with Crippen molar-refractivity contribution in [1.82, 2.24) is 25.8 Å². The van der Waals surface area contributed by atoms with Gasteiger partial charge in [0.2, 0.25) is 17.7 Å². The van der Waals surface area contributed by atoms with Gasteiger partial charge in [0.1, 0.15) is 17.4 Å². The molecule has 2 aromatic carbocycles. The van der Waals surface area contributed by atoms with Gasteiger partial charge < -0.3 is 30.5 Å². The Morgan fingerprint density at radius 3 is 2.35 bits per heavy atom. The van der Waals surface area contributed by atoms with Crippen molar-refractivity contribution < 1.29 is 23.9 Å². The molecule has 0 spiro atoms. The number of piperazine rings is 1. The number of hydrogen-bond donors (Lipinski definition) is 3. The van der Waals surface area contributed by atoms with E-state index in [9.17, 15) is 19.2 Å². The van der Waals surface area contributed by atoms with E-state index in [0.29, 0.717) is 44.1 Å². The van der Waals surface area contributed by atoms with Crippen molar-refractivity contribution in [2.75, 3.05) is 37.6 Å². The summed E-state index contributed by atoms with van der Waals surface area (Å²) >= 11 is 1.36. The number of anilines is 1. The first-order valence-corrected chi connectivity index (χ1v) is 17.3. The number of fused-ring (bicyclic) bond motifs is 1. The van der Waals surface area contributed by atoms with Crippen LogP contribution in [-0.4, -0.2) is 78.0 Å². The zero-order chi connectivity index (χ0) is 33.3. The second-order valence-electron chi connectivity index (χ2n) is 12.2. The fraction of sp³-hybridized carbons (Fsp3) is 0.361. The number of pyridine rings is 1. The molecule has 2 aliphatic rings. The van der Waals surface area contributed by atoms with Crippen molar-refractivity contribution in [1.29, 1.82) is 0 Å². The molecule has 2 aromatic heterocycles. The van der Waals surface area contributed by atoms with E-state index in [4.69, 9.17) is 4.74 Å². The maximum absolute atomic E-state index is 13.9. The van der Waals surface area contributed by atoms with Gasteiger partial charge in [-0.2, -0.15) is 0 Å². The molecule has 4 amide bonds. The first kappa shape index (κ1) is 33.0. The smallest absolute Gasteiger partial charge is 0.399 e. The Labute approximate surface area is 283 Å². The molecule has 12 heteroatoms. The van der Waals surface area contributed by atoms with Gasteiger partial charge >= 0.3 is 6.09 Å². The van der Waals surface area contributed by atoms with Gasteiger partial charge in [0.25, 0.3) is 0 Å². The van der Waals surface area contributed by atoms with E-state index in [0.717, 1.165) is 34.3 Å². The van der Waals surface area contributed by atoms with Crippen LogP contribution in [0.4, 0.5) is 10.6 Å². The van der Waals surface area contributed by atoms with Crippen LogP contribution in [0, 0.1) is 0 Å². The van der Waals surface area contributed by atoms with Crippen molar-refractivity contribution in [2.24, 2.45) is 0 Å². The summed E-state index contributed by atoms with van der Waals surface area (Å²) in [6, 6.07) is 23.8. The summed E-state index contributed by atoms with van der Waals surface area (Å²) in [4.78, 5) is 61.8. The monoisotopic (exact) mass is 668 g/mol. The first-order valence-electron chi connectivity index (χ1n) is 16.4. The van der Waals surface area contributed by atoms with Crippen LogP contribution in [0.5, 0.6) is 5.06 Å². The number of hydrogen-bond acceptors (Lipinski definition) is 8. The molecular formula is C36H40N6O5S. The highest BCUT2D eigenvalue weighted by Crippen LogP contribution is 2.33. The molecule has 1 aliphatic carbocycles. The average Bonchev–Trinajstić information content (AvgIpc) is 3.76. The molecule has 250 valence electrons. The largest absolute Gasteiger partial charge is 0.414 e. The fourth-order valence-corrected chi connectivity index (χ4v) is 7.27. The van der Waals surface area contributed by atoms with Crippen molar-refractivity contribution in [2.45, 2.75) is 50.1 Å². The lowest BCUT2D eigenvalue weighted by Crippen LogP contribution is -2.61. The molecule has 1 atom stereocenters. The Bertz CT molecular complexity index is 1690. The number of nitrogens with zero attached hydrogens (tertiary/aromatic N) is 3. The Morgan fingerprint density at radius 2 is 1.62 bits per heavy atom. The lowest BCUT2D eigenvalue weighted by molar-refractivity contribution is -0.133. The van der Waals surface area contributed by atoms with Crippen molar-refractivity contribution >= 4 is 51.1 Å². The molecule has 3 N–H and O–H groups in total. The predicted octanol–water partition coefficient (Wildman–Crippen LogP) is 4.28. The minimum Gasteiger partial charge on any atom is -0.399 e. The average molecular weight is 669 g/mol. The second-order valence-corrected chi connectivity index (χ2v) is 13.3. The lowest BCUT2D eigenvalue weighted by Gasteiger charge is -2.35. The van der Waals surface area contributed by atoms with Gasteiger partial charge in [-0.3, -0.25) is 14.4 Å². The third kappa shape index (κ3) is 8.11. The van der Waals surface area contributed by atoms with Crippen LogP contribution in [0.25, 0.3) is 10.1 Å². The molecule has 0 radical (unpaired) electrons. The Hall–Kier alpha value is -4.97. The first-order chi connectivity index (χ1) is 23.4. The SMILES string of the molecule is O=C(NC1(C(=O)N[C@H](Cc2ccccc2)C(=O)NCCC(=O)N2CCN(c3ccccn3)CC2)CCCC1)Oc1cc2ccccc2s1. The maximum atomic E-state index is 13.9. The second kappa shape index (κ2) is 15.3. The third-order valence-electron chi connectivity index (χ3n) is 8.98. The van der Waals surface area contributed by atoms with Crippen LogP contribution in [0.3, 0.4) is 0 Å². The van der Waals surface area contributed by atoms with E-state index in [1.54, 1.807) is 12.3 Å². The molecule has 1 saturated carbocycles. The highest BCUT2D eigenvalue weighted by molar-refractivity contribution is 7.20. The normalized spacial score (nSPS) is 16.2. The van der Waals surface area contributed by atoms with Crippen molar-refractivity contribution in [3.05, 3.63) is 90.6 Å². The van der Waals surface area contributed by atoms with Crippen LogP contribution in [0.2, 0.25) is 0 Å². The molecule has 1 aliphatic heterocycles. The standard InChI is InChI=1S/C36H40N6O5S/c43-31(42-22-20-41(21-23-42)30-14-6-9-18-37-30)15-19-38-33(44)28(24-26-10-2-1-3-11-26)39-34(45)36(16-7-8-17-36)40-35(46)47-32-25-27-12-4-5-13-29(27)48-32/h1-6,9-14,18,25,28H,7-8,15-17,19-24H2,(H,38,44)(H,39,45)(H,40,46)/t28-/m1/s1. The molecule has 2 fully saturated rings. The number of carbonyl (C=O) groups excluding carboxylic acids is 4. The minimum absolute atomic E-state index is 0.0362. The van der Waals surface area contributed by atoms with Crippen LogP contribution < -0.4 is 25.6 Å². The van der Waals surface area contributed by atoms with E-state index in [2.05, 4.69) is 25.8 Å². The van der Waals surface area contributed by atoms with Gasteiger partial charge in [-0.25, -0.2) is 9.78 Å². The van der Waals surface area contributed by atoms with Gasteiger partial charge in [0.15, 0.2) is 5.06 Å². The number of amides is 4. The lowest BCUT2D eigenvalue weighted by atomic mass is 9.95. The van der Waals surface area contributed by atoms with Crippen molar-refractivity contribution in [3.63, 3.8) is 0 Å². The quantitative estimate of drug-likeness (QED) is 0.217. The van der Waals surface area contributed by atoms with Gasteiger partial charge in [0.05, 0.1) is 0 Å². The summed E-state index contributed by atoms with van der Waals surface area (Å²) in [5.41, 5.74) is -0.325. The highest BCUT2D eigenvalue weighted by Gasteiger charge is 2.44. The molecule has 4 aromatic rings. The molecule has 6 rings (SSSR count). The van der Waals surface area contributed by atoms with Crippen LogP contribution >= 0.6 is 11.3 Å². The van der Waals surface area contributed by atoms with Crippen LogP contribution in [-0.2, 0) is 20.8 Å². The molecule has 1 saturated heterocycles. The van der Waals surface area contributed by atoms with E-state index >= 15 is 0 Å². The van der Waals surface area contributed by atoms with Gasteiger partial charge in [-0.15, -0.1) is 0 Å². The minimum atomic E-state index is -1.20. The van der Waals surface area contributed by atoms with E-state index < -0.39 is 23.6 Å². The molecular weight excluding hydrogens is 629 g/mol. The van der Waals surface area contributed by atoms with Crippen LogP contribution in [0.1, 0.15) is 37.7 Å². The van der Waals surface area contributed by atoms with E-state index in [-0.39, 0.29) is 31.2 Å². The van der Waals surface area contributed by atoms with Crippen molar-refractivity contribution in [3.8, 4) is 5.06 Å². The molecule has 48 heavy (non-hydrogen) atoms. The zero-order valence-corrected chi connectivity index (χ0v) is 27.5.